The summed E-state index contributed by atoms with van der Waals surface area (Å²) in [6.45, 7) is 8.80. The van der Waals surface area contributed by atoms with Gasteiger partial charge in [-0.15, -0.1) is 0 Å². The maximum Gasteiger partial charge on any atom is 0.0230 e. The van der Waals surface area contributed by atoms with Crippen molar-refractivity contribution in [1.82, 2.24) is 4.90 Å². The molecule has 0 radical (unpaired) electrons. The molecular weight excluding hydrogens is 170 g/mol. The molecule has 78 valence electrons. The topological polar surface area (TPSA) is 3.24 Å². The van der Waals surface area contributed by atoms with Gasteiger partial charge in [0.2, 0.25) is 0 Å². The molecule has 0 aliphatic heterocycles. The first-order valence-corrected chi connectivity index (χ1v) is 5.38. The van der Waals surface area contributed by atoms with Gasteiger partial charge in [0.1, 0.15) is 0 Å². The summed E-state index contributed by atoms with van der Waals surface area (Å²) in [5.41, 5.74) is 4.20. The van der Waals surface area contributed by atoms with E-state index in [1.165, 1.54) is 29.7 Å². The minimum atomic E-state index is 1.06. The molecule has 0 fully saturated rings. The van der Waals surface area contributed by atoms with Crippen LogP contribution in [0.4, 0.5) is 0 Å². The fraction of sp³-hybridized carbons (Fsp3) is 0.538. The fourth-order valence-electron chi connectivity index (χ4n) is 1.67. The van der Waals surface area contributed by atoms with E-state index in [1.54, 1.807) is 0 Å². The molecule has 0 saturated heterocycles. The third-order valence-corrected chi connectivity index (χ3v) is 2.63. The van der Waals surface area contributed by atoms with E-state index in [0.29, 0.717) is 0 Å². The summed E-state index contributed by atoms with van der Waals surface area (Å²) < 4.78 is 0. The zero-order chi connectivity index (χ0) is 10.6. The first-order valence-electron chi connectivity index (χ1n) is 5.38. The van der Waals surface area contributed by atoms with Crippen molar-refractivity contribution in [2.45, 2.75) is 33.7 Å². The number of aryl methyl sites for hydroxylation is 2. The van der Waals surface area contributed by atoms with Gasteiger partial charge in [0, 0.05) is 6.54 Å². The summed E-state index contributed by atoms with van der Waals surface area (Å²) in [6, 6.07) is 6.74. The van der Waals surface area contributed by atoms with Crippen molar-refractivity contribution < 1.29 is 0 Å². The summed E-state index contributed by atoms with van der Waals surface area (Å²) in [6.07, 6.45) is 1.22. The lowest BCUT2D eigenvalue weighted by Gasteiger charge is -2.16. The van der Waals surface area contributed by atoms with Crippen molar-refractivity contribution in [2.24, 2.45) is 0 Å². The average Bonchev–Trinajstić information content (AvgIpc) is 2.12. The van der Waals surface area contributed by atoms with Crippen LogP contribution >= 0.6 is 0 Å². The molecule has 0 aromatic heterocycles. The van der Waals surface area contributed by atoms with E-state index in [0.717, 1.165) is 6.54 Å². The molecule has 0 spiro atoms. The Morgan fingerprint density at radius 2 is 1.86 bits per heavy atom. The maximum atomic E-state index is 2.37. The van der Waals surface area contributed by atoms with Crippen molar-refractivity contribution in [3.05, 3.63) is 34.9 Å². The van der Waals surface area contributed by atoms with Gasteiger partial charge in [-0.25, -0.2) is 0 Å². The summed E-state index contributed by atoms with van der Waals surface area (Å²) in [5, 5.41) is 0. The minimum Gasteiger partial charge on any atom is -0.302 e. The van der Waals surface area contributed by atoms with Crippen molar-refractivity contribution in [3.63, 3.8) is 0 Å². The Hall–Kier alpha value is -0.820. The van der Waals surface area contributed by atoms with E-state index in [2.05, 4.69) is 50.9 Å². The molecule has 0 amide bonds. The van der Waals surface area contributed by atoms with Crippen LogP contribution in [-0.4, -0.2) is 18.5 Å². The molecule has 0 bridgehead atoms. The molecule has 1 rings (SSSR count). The maximum absolute atomic E-state index is 2.37. The highest BCUT2D eigenvalue weighted by Crippen LogP contribution is 2.11. The molecule has 0 heterocycles. The monoisotopic (exact) mass is 191 g/mol. The normalized spacial score (nSPS) is 10.9. The number of hydrogen-bond donors (Lipinski definition) is 0. The highest BCUT2D eigenvalue weighted by Gasteiger charge is 2.00. The molecule has 0 unspecified atom stereocenters. The van der Waals surface area contributed by atoms with Crippen LogP contribution in [0.2, 0.25) is 0 Å². The Morgan fingerprint density at radius 3 is 2.43 bits per heavy atom. The van der Waals surface area contributed by atoms with Crippen LogP contribution in [0, 0.1) is 13.8 Å². The number of rotatable bonds is 4. The Balaban J connectivity index is 2.63. The van der Waals surface area contributed by atoms with E-state index in [1.807, 2.05) is 0 Å². The SMILES string of the molecule is CCCN(C)Cc1ccc(C)c(C)c1. The van der Waals surface area contributed by atoms with Crippen molar-refractivity contribution in [2.75, 3.05) is 13.6 Å². The highest BCUT2D eigenvalue weighted by atomic mass is 15.1. The van der Waals surface area contributed by atoms with Crippen LogP contribution in [0.15, 0.2) is 18.2 Å². The van der Waals surface area contributed by atoms with E-state index in [9.17, 15) is 0 Å². The van der Waals surface area contributed by atoms with Crippen LogP contribution in [0.5, 0.6) is 0 Å². The quantitative estimate of drug-likeness (QED) is 0.706. The summed E-state index contributed by atoms with van der Waals surface area (Å²) >= 11 is 0. The van der Waals surface area contributed by atoms with Gasteiger partial charge in [-0.2, -0.15) is 0 Å². The molecule has 1 nitrogen and oxygen atoms in total. The zero-order valence-corrected chi connectivity index (χ0v) is 9.80. The molecule has 0 aliphatic rings. The van der Waals surface area contributed by atoms with Crippen LogP contribution < -0.4 is 0 Å². The second kappa shape index (κ2) is 5.16. The van der Waals surface area contributed by atoms with Gasteiger partial charge in [0.05, 0.1) is 0 Å². The molecule has 1 aromatic carbocycles. The molecule has 1 heteroatoms. The lowest BCUT2D eigenvalue weighted by Crippen LogP contribution is -2.18. The first kappa shape index (κ1) is 11.3. The fourth-order valence-corrected chi connectivity index (χ4v) is 1.67. The molecule has 0 aliphatic carbocycles. The molecule has 0 atom stereocenters. The minimum absolute atomic E-state index is 1.06. The average molecular weight is 191 g/mol. The van der Waals surface area contributed by atoms with Crippen LogP contribution in [0.25, 0.3) is 0 Å². The van der Waals surface area contributed by atoms with Crippen LogP contribution in [-0.2, 0) is 6.54 Å². The van der Waals surface area contributed by atoms with Crippen LogP contribution in [0.1, 0.15) is 30.0 Å². The standard InChI is InChI=1S/C13H21N/c1-5-8-14(4)10-13-7-6-11(2)12(3)9-13/h6-7,9H,5,8,10H2,1-4H3. The number of hydrogen-bond acceptors (Lipinski definition) is 1. The van der Waals surface area contributed by atoms with Gasteiger partial charge in [0.25, 0.3) is 0 Å². The van der Waals surface area contributed by atoms with Gasteiger partial charge in [-0.3, -0.25) is 0 Å². The second-order valence-corrected chi connectivity index (χ2v) is 4.16. The Morgan fingerprint density at radius 1 is 1.14 bits per heavy atom. The smallest absolute Gasteiger partial charge is 0.0230 e. The Labute approximate surface area is 87.7 Å². The predicted octanol–water partition coefficient (Wildman–Crippen LogP) is 3.15. The van der Waals surface area contributed by atoms with Gasteiger partial charge in [-0.05, 0) is 50.6 Å². The third kappa shape index (κ3) is 3.15. The number of nitrogens with zero attached hydrogens (tertiary/aromatic N) is 1. The highest BCUT2D eigenvalue weighted by molar-refractivity contribution is 5.29. The largest absolute Gasteiger partial charge is 0.302 e. The molecule has 1 aromatic rings. The molecule has 0 saturated carbocycles. The Bertz CT molecular complexity index is 291. The van der Waals surface area contributed by atoms with Gasteiger partial charge in [-0.1, -0.05) is 25.1 Å². The van der Waals surface area contributed by atoms with E-state index < -0.39 is 0 Å². The van der Waals surface area contributed by atoms with Crippen LogP contribution in [0.3, 0.4) is 0 Å². The van der Waals surface area contributed by atoms with E-state index >= 15 is 0 Å². The Kier molecular flexibility index (Phi) is 4.15. The van der Waals surface area contributed by atoms with E-state index in [4.69, 9.17) is 0 Å². The molecular formula is C13H21N. The number of benzene rings is 1. The third-order valence-electron chi connectivity index (χ3n) is 2.63. The van der Waals surface area contributed by atoms with Gasteiger partial charge >= 0.3 is 0 Å². The van der Waals surface area contributed by atoms with Gasteiger partial charge in [0.15, 0.2) is 0 Å². The lowest BCUT2D eigenvalue weighted by atomic mass is 10.1. The van der Waals surface area contributed by atoms with Crippen molar-refractivity contribution in [1.29, 1.82) is 0 Å². The van der Waals surface area contributed by atoms with E-state index in [-0.39, 0.29) is 0 Å². The zero-order valence-electron chi connectivity index (χ0n) is 9.80. The van der Waals surface area contributed by atoms with Gasteiger partial charge < -0.3 is 4.90 Å². The molecule has 0 N–H and O–H groups in total. The van der Waals surface area contributed by atoms with Crippen molar-refractivity contribution >= 4 is 0 Å². The molecule has 14 heavy (non-hydrogen) atoms. The summed E-state index contributed by atoms with van der Waals surface area (Å²) in [7, 11) is 2.18. The predicted molar refractivity (Wildman–Crippen MR) is 62.5 cm³/mol. The lowest BCUT2D eigenvalue weighted by molar-refractivity contribution is 0.327. The first-order chi connectivity index (χ1) is 6.63. The second-order valence-electron chi connectivity index (χ2n) is 4.16. The van der Waals surface area contributed by atoms with Crippen molar-refractivity contribution in [3.8, 4) is 0 Å². The summed E-state index contributed by atoms with van der Waals surface area (Å²) in [5.74, 6) is 0. The summed E-state index contributed by atoms with van der Waals surface area (Å²) in [4.78, 5) is 2.37.